The standard InChI is InChI=1S/C27H29N3O2S/c31-26(25-7-4-16-33-25)29-23(17-19-8-10-20(11-9-19)21-12-13-21)27(32)30-15-2-1-6-24(30)22-5-3-14-28-18-22/h3-5,7-11,14,16,18,21,23-24H,1-2,6,12-13,15,17H2,(H,29,31)/t23-,24+/m0/s1. The van der Waals surface area contributed by atoms with Crippen LogP contribution in [-0.2, 0) is 11.2 Å². The van der Waals surface area contributed by atoms with Crippen molar-refractivity contribution in [1.29, 1.82) is 0 Å². The first-order chi connectivity index (χ1) is 16.2. The highest BCUT2D eigenvalue weighted by Crippen LogP contribution is 2.40. The molecule has 1 N–H and O–H groups in total. The smallest absolute Gasteiger partial charge is 0.262 e. The molecule has 33 heavy (non-hydrogen) atoms. The first-order valence-corrected chi connectivity index (χ1v) is 12.7. The third-order valence-electron chi connectivity index (χ3n) is 6.67. The van der Waals surface area contributed by atoms with Crippen molar-refractivity contribution in [1.82, 2.24) is 15.2 Å². The fraction of sp³-hybridized carbons (Fsp3) is 0.370. The number of benzene rings is 1. The number of nitrogens with one attached hydrogen (secondary N) is 1. The van der Waals surface area contributed by atoms with Crippen molar-refractivity contribution >= 4 is 23.2 Å². The highest BCUT2D eigenvalue weighted by Gasteiger charge is 2.34. The molecule has 5 rings (SSSR count). The molecule has 5 nitrogen and oxygen atoms in total. The predicted octanol–water partition coefficient (Wildman–Crippen LogP) is 5.12. The maximum Gasteiger partial charge on any atom is 0.262 e. The molecule has 0 unspecified atom stereocenters. The van der Waals surface area contributed by atoms with Crippen LogP contribution in [0.2, 0.25) is 0 Å². The third-order valence-corrected chi connectivity index (χ3v) is 7.54. The van der Waals surface area contributed by atoms with Gasteiger partial charge in [-0.3, -0.25) is 14.6 Å². The molecule has 2 atom stereocenters. The Morgan fingerprint density at radius 1 is 1.03 bits per heavy atom. The van der Waals surface area contributed by atoms with Crippen LogP contribution in [0.1, 0.15) is 70.4 Å². The van der Waals surface area contributed by atoms with E-state index in [2.05, 4.69) is 34.6 Å². The zero-order valence-corrected chi connectivity index (χ0v) is 19.5. The predicted molar refractivity (Wildman–Crippen MR) is 130 cm³/mol. The van der Waals surface area contributed by atoms with Crippen LogP contribution in [0.5, 0.6) is 0 Å². The van der Waals surface area contributed by atoms with Gasteiger partial charge < -0.3 is 10.2 Å². The number of aromatic nitrogens is 1. The quantitative estimate of drug-likeness (QED) is 0.534. The Hall–Kier alpha value is -2.99. The number of nitrogens with zero attached hydrogens (tertiary/aromatic N) is 2. The van der Waals surface area contributed by atoms with E-state index in [1.807, 2.05) is 34.7 Å². The van der Waals surface area contributed by atoms with E-state index in [1.165, 1.54) is 29.7 Å². The molecule has 170 valence electrons. The van der Waals surface area contributed by atoms with Gasteiger partial charge in [-0.15, -0.1) is 11.3 Å². The number of likely N-dealkylation sites (tertiary alicyclic amines) is 1. The second kappa shape index (κ2) is 9.87. The lowest BCUT2D eigenvalue weighted by atomic mass is 9.94. The normalized spacial score (nSPS) is 19.2. The van der Waals surface area contributed by atoms with E-state index in [-0.39, 0.29) is 17.9 Å². The first kappa shape index (κ1) is 21.8. The van der Waals surface area contributed by atoms with Gasteiger partial charge in [0.1, 0.15) is 6.04 Å². The molecule has 2 fully saturated rings. The van der Waals surface area contributed by atoms with Crippen molar-refractivity contribution < 1.29 is 9.59 Å². The Bertz CT molecular complexity index is 1080. The summed E-state index contributed by atoms with van der Waals surface area (Å²) in [6.07, 6.45) is 9.60. The summed E-state index contributed by atoms with van der Waals surface area (Å²) in [6.45, 7) is 0.699. The van der Waals surface area contributed by atoms with E-state index in [9.17, 15) is 9.59 Å². The summed E-state index contributed by atoms with van der Waals surface area (Å²) in [4.78, 5) is 33.6. The van der Waals surface area contributed by atoms with Gasteiger partial charge in [0.05, 0.1) is 10.9 Å². The zero-order valence-electron chi connectivity index (χ0n) is 18.7. The van der Waals surface area contributed by atoms with Crippen LogP contribution in [0.4, 0.5) is 0 Å². The highest BCUT2D eigenvalue weighted by atomic mass is 32.1. The van der Waals surface area contributed by atoms with Crippen molar-refractivity contribution in [3.05, 3.63) is 87.9 Å². The summed E-state index contributed by atoms with van der Waals surface area (Å²) < 4.78 is 0. The summed E-state index contributed by atoms with van der Waals surface area (Å²) in [7, 11) is 0. The third kappa shape index (κ3) is 5.17. The molecule has 1 saturated carbocycles. The van der Waals surface area contributed by atoms with Gasteiger partial charge in [0.15, 0.2) is 0 Å². The summed E-state index contributed by atoms with van der Waals surface area (Å²) in [5.41, 5.74) is 3.50. The average Bonchev–Trinajstić information content (AvgIpc) is 3.57. The van der Waals surface area contributed by atoms with Crippen LogP contribution in [0, 0.1) is 0 Å². The van der Waals surface area contributed by atoms with Crippen LogP contribution in [0.3, 0.4) is 0 Å². The Kier molecular flexibility index (Phi) is 6.53. The monoisotopic (exact) mass is 459 g/mol. The Labute approximate surface area is 198 Å². The van der Waals surface area contributed by atoms with E-state index in [0.717, 1.165) is 30.4 Å². The highest BCUT2D eigenvalue weighted by molar-refractivity contribution is 7.12. The van der Waals surface area contributed by atoms with Crippen LogP contribution in [0.15, 0.2) is 66.3 Å². The molecule has 3 aromatic rings. The van der Waals surface area contributed by atoms with Gasteiger partial charge in [0.25, 0.3) is 5.91 Å². The first-order valence-electron chi connectivity index (χ1n) is 11.8. The van der Waals surface area contributed by atoms with Crippen molar-refractivity contribution in [2.45, 2.75) is 56.5 Å². The topological polar surface area (TPSA) is 62.3 Å². The number of carbonyl (C=O) groups is 2. The molecule has 2 aliphatic rings. The summed E-state index contributed by atoms with van der Waals surface area (Å²) in [6, 6.07) is 15.6. The minimum absolute atomic E-state index is 0.00154. The lowest BCUT2D eigenvalue weighted by Crippen LogP contribution is -2.51. The number of hydrogen-bond acceptors (Lipinski definition) is 4. The number of amides is 2. The minimum atomic E-state index is -0.608. The summed E-state index contributed by atoms with van der Waals surface area (Å²) in [5.74, 6) is 0.496. The Morgan fingerprint density at radius 3 is 2.58 bits per heavy atom. The molecular formula is C27H29N3O2S. The van der Waals surface area contributed by atoms with Crippen molar-refractivity contribution in [2.24, 2.45) is 0 Å². The second-order valence-corrected chi connectivity index (χ2v) is 10.0. The van der Waals surface area contributed by atoms with Crippen molar-refractivity contribution in [3.8, 4) is 0 Å². The van der Waals surface area contributed by atoms with E-state index in [1.54, 1.807) is 12.3 Å². The molecule has 1 aromatic carbocycles. The Morgan fingerprint density at radius 2 is 1.88 bits per heavy atom. The molecule has 2 aromatic heterocycles. The lowest BCUT2D eigenvalue weighted by Gasteiger charge is -2.38. The second-order valence-electron chi connectivity index (χ2n) is 9.05. The number of hydrogen-bond donors (Lipinski definition) is 1. The van der Waals surface area contributed by atoms with Gasteiger partial charge in [-0.05, 0) is 72.2 Å². The Balaban J connectivity index is 1.39. The maximum atomic E-state index is 13.9. The molecule has 0 bridgehead atoms. The number of rotatable bonds is 7. The lowest BCUT2D eigenvalue weighted by molar-refractivity contribution is -0.137. The van der Waals surface area contributed by atoms with Gasteiger partial charge in [-0.25, -0.2) is 0 Å². The molecule has 3 heterocycles. The number of piperidine rings is 1. The summed E-state index contributed by atoms with van der Waals surface area (Å²) in [5, 5.41) is 4.93. The molecular weight excluding hydrogens is 430 g/mol. The molecule has 6 heteroatoms. The van der Waals surface area contributed by atoms with Gasteiger partial charge in [-0.1, -0.05) is 36.4 Å². The van der Waals surface area contributed by atoms with Crippen LogP contribution >= 0.6 is 11.3 Å². The van der Waals surface area contributed by atoms with Crippen LogP contribution in [-0.4, -0.2) is 34.3 Å². The maximum absolute atomic E-state index is 13.9. The van der Waals surface area contributed by atoms with Gasteiger partial charge in [0, 0.05) is 25.4 Å². The van der Waals surface area contributed by atoms with Crippen LogP contribution in [0.25, 0.3) is 0 Å². The molecule has 2 amide bonds. The largest absolute Gasteiger partial charge is 0.339 e. The van der Waals surface area contributed by atoms with Gasteiger partial charge in [0.2, 0.25) is 5.91 Å². The summed E-state index contributed by atoms with van der Waals surface area (Å²) >= 11 is 1.39. The van der Waals surface area contributed by atoms with E-state index < -0.39 is 6.04 Å². The minimum Gasteiger partial charge on any atom is -0.339 e. The fourth-order valence-electron chi connectivity index (χ4n) is 4.73. The molecule has 0 spiro atoms. The van der Waals surface area contributed by atoms with Gasteiger partial charge >= 0.3 is 0 Å². The molecule has 0 radical (unpaired) electrons. The van der Waals surface area contributed by atoms with E-state index in [0.29, 0.717) is 23.8 Å². The molecule has 1 saturated heterocycles. The number of pyridine rings is 1. The van der Waals surface area contributed by atoms with Crippen molar-refractivity contribution in [2.75, 3.05) is 6.54 Å². The fourth-order valence-corrected chi connectivity index (χ4v) is 5.36. The zero-order chi connectivity index (χ0) is 22.6. The SMILES string of the molecule is O=C(N[C@@H](Cc1ccc(C2CC2)cc1)C(=O)N1CCCC[C@@H]1c1cccnc1)c1cccs1. The average molecular weight is 460 g/mol. The van der Waals surface area contributed by atoms with E-state index in [4.69, 9.17) is 0 Å². The number of thiophene rings is 1. The van der Waals surface area contributed by atoms with Gasteiger partial charge in [-0.2, -0.15) is 0 Å². The van der Waals surface area contributed by atoms with Crippen LogP contribution < -0.4 is 5.32 Å². The number of carbonyl (C=O) groups excluding carboxylic acids is 2. The molecule has 1 aliphatic carbocycles. The van der Waals surface area contributed by atoms with Crippen molar-refractivity contribution in [3.63, 3.8) is 0 Å². The van der Waals surface area contributed by atoms with E-state index >= 15 is 0 Å². The molecule has 1 aliphatic heterocycles.